The van der Waals surface area contributed by atoms with Crippen LogP contribution in [0.25, 0.3) is 0 Å². The second-order valence-corrected chi connectivity index (χ2v) is 7.27. The first-order valence-corrected chi connectivity index (χ1v) is 9.96. The number of pyridine rings is 1. The van der Waals surface area contributed by atoms with Crippen LogP contribution in [0.2, 0.25) is 0 Å². The number of benzene rings is 1. The number of aromatic nitrogens is 1. The number of aryl methyl sites for hydroxylation is 2. The maximum atomic E-state index is 10.3. The molecule has 1 atom stereocenters. The molecule has 2 heterocycles. The fourth-order valence-corrected chi connectivity index (χ4v) is 3.50. The van der Waals surface area contributed by atoms with Gasteiger partial charge in [0, 0.05) is 38.9 Å². The predicted molar refractivity (Wildman–Crippen MR) is 111 cm³/mol. The van der Waals surface area contributed by atoms with Crippen molar-refractivity contribution in [2.24, 2.45) is 0 Å². The van der Waals surface area contributed by atoms with Gasteiger partial charge in [-0.2, -0.15) is 0 Å². The van der Waals surface area contributed by atoms with Gasteiger partial charge in [-0.15, -0.1) is 0 Å². The Labute approximate surface area is 167 Å². The van der Waals surface area contributed by atoms with Crippen LogP contribution in [-0.4, -0.2) is 73.6 Å². The molecule has 0 spiro atoms. The number of β-amino-alcohol motifs (C(OH)–C–C–N with tert-alkyl or cyclic N) is 1. The molecule has 1 aromatic carbocycles. The Morgan fingerprint density at radius 1 is 1.00 bits per heavy atom. The summed E-state index contributed by atoms with van der Waals surface area (Å²) in [7, 11) is 0. The van der Waals surface area contributed by atoms with E-state index in [1.807, 2.05) is 56.4 Å². The van der Waals surface area contributed by atoms with Crippen LogP contribution < -0.4 is 9.64 Å². The molecule has 2 aromatic rings. The monoisotopic (exact) mass is 385 g/mol. The lowest BCUT2D eigenvalue weighted by Crippen LogP contribution is -2.49. The number of para-hydroxylation sites is 1. The van der Waals surface area contributed by atoms with Crippen molar-refractivity contribution in [3.63, 3.8) is 0 Å². The molecule has 1 aliphatic rings. The number of aliphatic hydroxyl groups is 1. The van der Waals surface area contributed by atoms with Crippen LogP contribution in [-0.2, 0) is 4.74 Å². The Kier molecular flexibility index (Phi) is 7.65. The van der Waals surface area contributed by atoms with Crippen molar-refractivity contribution < 1.29 is 14.6 Å². The first-order valence-electron chi connectivity index (χ1n) is 9.96. The predicted octanol–water partition coefficient (Wildman–Crippen LogP) is 2.28. The van der Waals surface area contributed by atoms with Crippen LogP contribution in [0.4, 0.5) is 5.82 Å². The maximum Gasteiger partial charge on any atom is 0.128 e. The molecule has 6 nitrogen and oxygen atoms in total. The van der Waals surface area contributed by atoms with Crippen LogP contribution >= 0.6 is 0 Å². The van der Waals surface area contributed by atoms with Crippen molar-refractivity contribution in [2.75, 3.05) is 57.4 Å². The van der Waals surface area contributed by atoms with E-state index in [9.17, 15) is 5.11 Å². The zero-order valence-corrected chi connectivity index (χ0v) is 16.9. The van der Waals surface area contributed by atoms with Gasteiger partial charge in [0.1, 0.15) is 18.2 Å². The van der Waals surface area contributed by atoms with Crippen LogP contribution in [0.15, 0.2) is 42.6 Å². The van der Waals surface area contributed by atoms with Crippen LogP contribution in [0.5, 0.6) is 5.75 Å². The zero-order valence-electron chi connectivity index (χ0n) is 16.9. The summed E-state index contributed by atoms with van der Waals surface area (Å²) < 4.78 is 11.4. The lowest BCUT2D eigenvalue weighted by molar-refractivity contribution is 0.00706. The highest BCUT2D eigenvalue weighted by atomic mass is 16.5. The third-order valence-electron chi connectivity index (χ3n) is 5.01. The van der Waals surface area contributed by atoms with E-state index in [2.05, 4.69) is 14.8 Å². The summed E-state index contributed by atoms with van der Waals surface area (Å²) in [5.41, 5.74) is 2.26. The Morgan fingerprint density at radius 2 is 1.75 bits per heavy atom. The summed E-state index contributed by atoms with van der Waals surface area (Å²) in [4.78, 5) is 8.97. The highest BCUT2D eigenvalue weighted by Crippen LogP contribution is 2.22. The van der Waals surface area contributed by atoms with Gasteiger partial charge in [-0.1, -0.05) is 24.3 Å². The van der Waals surface area contributed by atoms with E-state index in [0.29, 0.717) is 26.4 Å². The zero-order chi connectivity index (χ0) is 19.8. The van der Waals surface area contributed by atoms with E-state index in [1.54, 1.807) is 0 Å². The number of anilines is 1. The summed E-state index contributed by atoms with van der Waals surface area (Å²) in [5, 5.41) is 10.3. The normalized spacial score (nSPS) is 16.2. The molecule has 1 N–H and O–H groups in total. The highest BCUT2D eigenvalue weighted by Gasteiger charge is 2.20. The average molecular weight is 386 g/mol. The summed E-state index contributed by atoms with van der Waals surface area (Å²) in [6.45, 7) is 9.69. The van der Waals surface area contributed by atoms with Crippen molar-refractivity contribution in [3.8, 4) is 5.75 Å². The lowest BCUT2D eigenvalue weighted by atomic mass is 10.1. The molecule has 0 unspecified atom stereocenters. The number of ether oxygens (including phenoxy) is 2. The molecule has 1 saturated heterocycles. The van der Waals surface area contributed by atoms with Crippen LogP contribution in [0.1, 0.15) is 11.1 Å². The molecule has 3 rings (SSSR count). The fraction of sp³-hybridized carbons (Fsp3) is 0.500. The van der Waals surface area contributed by atoms with Gasteiger partial charge < -0.3 is 19.5 Å². The highest BCUT2D eigenvalue weighted by molar-refractivity contribution is 5.39. The molecule has 0 saturated carbocycles. The molecule has 0 amide bonds. The van der Waals surface area contributed by atoms with Gasteiger partial charge in [-0.25, -0.2) is 4.98 Å². The molecule has 0 bridgehead atoms. The minimum atomic E-state index is -0.485. The molecule has 6 heteroatoms. The molecular formula is C22H31N3O3. The van der Waals surface area contributed by atoms with Gasteiger partial charge in [-0.3, -0.25) is 4.90 Å². The summed E-state index contributed by atoms with van der Waals surface area (Å²) in [6.07, 6.45) is 1.34. The number of aliphatic hydroxyl groups excluding tert-OH is 1. The quantitative estimate of drug-likeness (QED) is 0.669. The minimum Gasteiger partial charge on any atom is -0.491 e. The topological polar surface area (TPSA) is 58.1 Å². The minimum absolute atomic E-state index is 0.330. The number of hydrogen-bond acceptors (Lipinski definition) is 6. The van der Waals surface area contributed by atoms with E-state index >= 15 is 0 Å². The van der Waals surface area contributed by atoms with Gasteiger partial charge >= 0.3 is 0 Å². The molecule has 28 heavy (non-hydrogen) atoms. The summed E-state index contributed by atoms with van der Waals surface area (Å²) in [6, 6.07) is 12.1. The molecular weight excluding hydrogens is 354 g/mol. The van der Waals surface area contributed by atoms with Crippen LogP contribution in [0.3, 0.4) is 0 Å². The smallest absolute Gasteiger partial charge is 0.128 e. The first-order chi connectivity index (χ1) is 13.6. The van der Waals surface area contributed by atoms with E-state index < -0.39 is 6.10 Å². The van der Waals surface area contributed by atoms with E-state index in [1.165, 1.54) is 0 Å². The molecule has 1 fully saturated rings. The number of hydrogen-bond donors (Lipinski definition) is 1. The SMILES string of the molecule is Cc1cccc(C)c1OCCOC[C@@H](O)CN1CCN(c2ccccn2)CC1. The Hall–Kier alpha value is -2.15. The first kappa shape index (κ1) is 20.6. The average Bonchev–Trinajstić information content (AvgIpc) is 2.71. The Balaban J connectivity index is 1.29. The van der Waals surface area contributed by atoms with Crippen molar-refractivity contribution in [3.05, 3.63) is 53.7 Å². The standard InChI is InChI=1S/C22H31N3O3/c1-18-6-5-7-19(2)22(18)28-15-14-27-17-20(26)16-24-10-12-25(13-11-24)21-8-3-4-9-23-21/h3-9,20,26H,10-17H2,1-2H3/t20-/m0/s1. The molecule has 152 valence electrons. The third kappa shape index (κ3) is 5.92. The van der Waals surface area contributed by atoms with Gasteiger partial charge in [0.2, 0.25) is 0 Å². The molecule has 0 aliphatic carbocycles. The fourth-order valence-electron chi connectivity index (χ4n) is 3.50. The maximum absolute atomic E-state index is 10.3. The van der Waals surface area contributed by atoms with E-state index in [-0.39, 0.29) is 0 Å². The Bertz CT molecular complexity index is 698. The van der Waals surface area contributed by atoms with Crippen molar-refractivity contribution in [1.82, 2.24) is 9.88 Å². The van der Waals surface area contributed by atoms with Gasteiger partial charge in [0.05, 0.1) is 19.3 Å². The van der Waals surface area contributed by atoms with Crippen molar-refractivity contribution in [2.45, 2.75) is 20.0 Å². The number of nitrogens with zero attached hydrogens (tertiary/aromatic N) is 3. The van der Waals surface area contributed by atoms with Gasteiger partial charge in [0.25, 0.3) is 0 Å². The second kappa shape index (κ2) is 10.4. The van der Waals surface area contributed by atoms with Gasteiger partial charge in [0.15, 0.2) is 0 Å². The van der Waals surface area contributed by atoms with Gasteiger partial charge in [-0.05, 0) is 37.1 Å². The third-order valence-corrected chi connectivity index (χ3v) is 5.01. The molecule has 0 radical (unpaired) electrons. The molecule has 1 aromatic heterocycles. The lowest BCUT2D eigenvalue weighted by Gasteiger charge is -2.36. The largest absolute Gasteiger partial charge is 0.491 e. The summed E-state index contributed by atoms with van der Waals surface area (Å²) in [5.74, 6) is 1.95. The van der Waals surface area contributed by atoms with Crippen molar-refractivity contribution in [1.29, 1.82) is 0 Å². The number of rotatable bonds is 9. The van der Waals surface area contributed by atoms with E-state index in [0.717, 1.165) is 48.9 Å². The van der Waals surface area contributed by atoms with Crippen molar-refractivity contribution >= 4 is 5.82 Å². The van der Waals surface area contributed by atoms with E-state index in [4.69, 9.17) is 9.47 Å². The summed E-state index contributed by atoms with van der Waals surface area (Å²) >= 11 is 0. The van der Waals surface area contributed by atoms with Crippen LogP contribution in [0, 0.1) is 13.8 Å². The Morgan fingerprint density at radius 3 is 2.43 bits per heavy atom. The molecule has 1 aliphatic heterocycles. The second-order valence-electron chi connectivity index (χ2n) is 7.27. The number of piperazine rings is 1.